The largest absolute Gasteiger partial charge is 0.507 e. The smallest absolute Gasteiger partial charge is 0.335 e. The molecule has 12 heavy (non-hydrogen) atoms. The van der Waals surface area contributed by atoms with E-state index < -0.39 is 5.97 Å². The number of carboxylic acid groups (broad SMARTS) is 1. The summed E-state index contributed by atoms with van der Waals surface area (Å²) in [7, 11) is 0. The van der Waals surface area contributed by atoms with E-state index in [0.29, 0.717) is 4.47 Å². The average molecular weight is 298 g/mol. The molecule has 0 saturated heterocycles. The van der Waals surface area contributed by atoms with Crippen LogP contribution in [0.5, 0.6) is 5.75 Å². The van der Waals surface area contributed by atoms with Crippen molar-refractivity contribution < 1.29 is 15.0 Å². The molecular formula is C7H6Br2O3. The third kappa shape index (κ3) is 2.49. The Bertz CT molecular complexity index is 299. The molecule has 3 nitrogen and oxygen atoms in total. The molecular weight excluding hydrogens is 292 g/mol. The Morgan fingerprint density at radius 2 is 2.00 bits per heavy atom. The summed E-state index contributed by atoms with van der Waals surface area (Å²) < 4.78 is 0.488. The molecule has 0 spiro atoms. The van der Waals surface area contributed by atoms with E-state index >= 15 is 0 Å². The Labute approximate surface area is 87.9 Å². The number of carbonyl (C=O) groups is 1. The average Bonchev–Trinajstić information content (AvgIpc) is 1.94. The number of aromatic hydroxyl groups is 1. The molecule has 66 valence electrons. The van der Waals surface area contributed by atoms with Gasteiger partial charge < -0.3 is 10.2 Å². The minimum Gasteiger partial charge on any atom is -0.507 e. The number of rotatable bonds is 1. The highest BCUT2D eigenvalue weighted by atomic mass is 79.9. The molecule has 0 amide bonds. The molecule has 1 aromatic rings. The Morgan fingerprint density at radius 3 is 2.42 bits per heavy atom. The van der Waals surface area contributed by atoms with Crippen LogP contribution in [0.4, 0.5) is 0 Å². The van der Waals surface area contributed by atoms with Crippen molar-refractivity contribution in [1.82, 2.24) is 0 Å². The standard InChI is InChI=1S/C7H5BrO3.BrH/c8-5-2-1-4(7(10)11)3-6(5)9;/h1-3,9H,(H,10,11);1H. The summed E-state index contributed by atoms with van der Waals surface area (Å²) >= 11 is 3.04. The Hall–Kier alpha value is -0.550. The number of phenols is 1. The van der Waals surface area contributed by atoms with Crippen LogP contribution >= 0.6 is 32.9 Å². The molecule has 1 rings (SSSR count). The highest BCUT2D eigenvalue weighted by molar-refractivity contribution is 9.10. The van der Waals surface area contributed by atoms with Crippen molar-refractivity contribution in [1.29, 1.82) is 0 Å². The van der Waals surface area contributed by atoms with Crippen LogP contribution in [-0.2, 0) is 0 Å². The summed E-state index contributed by atoms with van der Waals surface area (Å²) in [6.07, 6.45) is 0. The van der Waals surface area contributed by atoms with Crippen LogP contribution in [0.1, 0.15) is 10.4 Å². The number of hydrogen-bond acceptors (Lipinski definition) is 2. The molecule has 0 aromatic heterocycles. The fourth-order valence-electron chi connectivity index (χ4n) is 0.646. The van der Waals surface area contributed by atoms with Crippen molar-refractivity contribution in [2.45, 2.75) is 0 Å². The molecule has 0 heterocycles. The zero-order valence-electron chi connectivity index (χ0n) is 5.82. The summed E-state index contributed by atoms with van der Waals surface area (Å²) in [5.74, 6) is -1.11. The van der Waals surface area contributed by atoms with E-state index in [1.54, 1.807) is 0 Å². The lowest BCUT2D eigenvalue weighted by atomic mass is 10.2. The van der Waals surface area contributed by atoms with E-state index in [4.69, 9.17) is 10.2 Å². The first-order valence-corrected chi connectivity index (χ1v) is 3.62. The Balaban J connectivity index is 0.00000121. The van der Waals surface area contributed by atoms with E-state index in [1.807, 2.05) is 0 Å². The number of phenolic OH excluding ortho intramolecular Hbond substituents is 1. The van der Waals surface area contributed by atoms with Crippen LogP contribution in [-0.4, -0.2) is 16.2 Å². The first-order valence-electron chi connectivity index (χ1n) is 2.83. The normalized spacial score (nSPS) is 8.75. The van der Waals surface area contributed by atoms with Crippen molar-refractivity contribution in [3.05, 3.63) is 28.2 Å². The zero-order chi connectivity index (χ0) is 8.43. The fourth-order valence-corrected chi connectivity index (χ4v) is 0.892. The van der Waals surface area contributed by atoms with Gasteiger partial charge in [-0.2, -0.15) is 0 Å². The minimum atomic E-state index is -1.05. The molecule has 1 aromatic carbocycles. The van der Waals surface area contributed by atoms with Crippen LogP contribution in [0.3, 0.4) is 0 Å². The predicted octanol–water partition coefficient (Wildman–Crippen LogP) is 2.43. The number of aromatic carboxylic acids is 1. The molecule has 0 aliphatic rings. The van der Waals surface area contributed by atoms with Crippen molar-refractivity contribution in [3.63, 3.8) is 0 Å². The van der Waals surface area contributed by atoms with Crippen molar-refractivity contribution in [3.8, 4) is 5.75 Å². The second-order valence-electron chi connectivity index (χ2n) is 1.97. The molecule has 0 unspecified atom stereocenters. The second kappa shape index (κ2) is 4.47. The molecule has 0 fully saturated rings. The van der Waals surface area contributed by atoms with E-state index in [2.05, 4.69) is 15.9 Å². The lowest BCUT2D eigenvalue weighted by Gasteiger charge is -1.97. The van der Waals surface area contributed by atoms with E-state index in [1.165, 1.54) is 18.2 Å². The van der Waals surface area contributed by atoms with Crippen LogP contribution in [0, 0.1) is 0 Å². The molecule has 5 heteroatoms. The lowest BCUT2D eigenvalue weighted by molar-refractivity contribution is 0.0696. The van der Waals surface area contributed by atoms with Gasteiger partial charge in [0, 0.05) is 0 Å². The number of benzene rings is 1. The molecule has 2 N–H and O–H groups in total. The third-order valence-electron chi connectivity index (χ3n) is 1.19. The fraction of sp³-hybridized carbons (Fsp3) is 0. The number of carboxylic acids is 1. The number of hydrogen-bond donors (Lipinski definition) is 2. The topological polar surface area (TPSA) is 57.5 Å². The van der Waals surface area contributed by atoms with Crippen LogP contribution < -0.4 is 0 Å². The van der Waals surface area contributed by atoms with Gasteiger partial charge in [-0.15, -0.1) is 17.0 Å². The van der Waals surface area contributed by atoms with Gasteiger partial charge in [0.1, 0.15) is 5.75 Å². The number of halogens is 2. The van der Waals surface area contributed by atoms with E-state index in [-0.39, 0.29) is 28.3 Å². The van der Waals surface area contributed by atoms with E-state index in [9.17, 15) is 4.79 Å². The first-order chi connectivity index (χ1) is 5.11. The van der Waals surface area contributed by atoms with Gasteiger partial charge in [-0.3, -0.25) is 0 Å². The van der Waals surface area contributed by atoms with Gasteiger partial charge in [-0.1, -0.05) is 0 Å². The lowest BCUT2D eigenvalue weighted by Crippen LogP contribution is -1.94. The highest BCUT2D eigenvalue weighted by Gasteiger charge is 2.04. The van der Waals surface area contributed by atoms with Gasteiger partial charge in [0.25, 0.3) is 0 Å². The molecule has 0 atom stereocenters. The van der Waals surface area contributed by atoms with Crippen LogP contribution in [0.25, 0.3) is 0 Å². The van der Waals surface area contributed by atoms with Gasteiger partial charge in [-0.05, 0) is 34.1 Å². The predicted molar refractivity (Wildman–Crippen MR) is 53.1 cm³/mol. The Morgan fingerprint density at radius 1 is 1.42 bits per heavy atom. The maximum Gasteiger partial charge on any atom is 0.335 e. The maximum absolute atomic E-state index is 10.3. The molecule has 0 radical (unpaired) electrons. The van der Waals surface area contributed by atoms with Gasteiger partial charge in [0.15, 0.2) is 0 Å². The van der Waals surface area contributed by atoms with Crippen molar-refractivity contribution >= 4 is 38.9 Å². The summed E-state index contributed by atoms with van der Waals surface area (Å²) in [6.45, 7) is 0. The van der Waals surface area contributed by atoms with Gasteiger partial charge in [0.05, 0.1) is 10.0 Å². The summed E-state index contributed by atoms with van der Waals surface area (Å²) in [5, 5.41) is 17.5. The maximum atomic E-state index is 10.3. The van der Waals surface area contributed by atoms with E-state index in [0.717, 1.165) is 0 Å². The highest BCUT2D eigenvalue weighted by Crippen LogP contribution is 2.23. The summed E-state index contributed by atoms with van der Waals surface area (Å²) in [6, 6.07) is 4.08. The summed E-state index contributed by atoms with van der Waals surface area (Å²) in [4.78, 5) is 10.3. The molecule has 0 bridgehead atoms. The van der Waals surface area contributed by atoms with Gasteiger partial charge in [-0.25, -0.2) is 4.79 Å². The molecule has 0 saturated carbocycles. The monoisotopic (exact) mass is 296 g/mol. The first kappa shape index (κ1) is 11.4. The van der Waals surface area contributed by atoms with Crippen molar-refractivity contribution in [2.24, 2.45) is 0 Å². The van der Waals surface area contributed by atoms with Gasteiger partial charge in [0.2, 0.25) is 0 Å². The zero-order valence-corrected chi connectivity index (χ0v) is 9.12. The second-order valence-corrected chi connectivity index (χ2v) is 2.83. The third-order valence-corrected chi connectivity index (χ3v) is 1.86. The molecule has 0 aliphatic heterocycles. The van der Waals surface area contributed by atoms with Crippen molar-refractivity contribution in [2.75, 3.05) is 0 Å². The SMILES string of the molecule is Br.O=C(O)c1ccc(Br)c(O)c1. The Kier molecular flexibility index (Phi) is 4.26. The van der Waals surface area contributed by atoms with Crippen LogP contribution in [0.15, 0.2) is 22.7 Å². The summed E-state index contributed by atoms with van der Waals surface area (Å²) in [5.41, 5.74) is 0.0747. The quantitative estimate of drug-likeness (QED) is 0.837. The van der Waals surface area contributed by atoms with Gasteiger partial charge >= 0.3 is 5.97 Å². The molecule has 0 aliphatic carbocycles. The van der Waals surface area contributed by atoms with Crippen LogP contribution in [0.2, 0.25) is 0 Å². The minimum absolute atomic E-state index is 0.